The molecule has 0 fully saturated rings. The number of fused-ring (bicyclic) bond motifs is 7. The van der Waals surface area contributed by atoms with Crippen molar-refractivity contribution in [2.45, 2.75) is 0 Å². The zero-order valence-electron chi connectivity index (χ0n) is 35.8. The van der Waals surface area contributed by atoms with Crippen LogP contribution in [0.15, 0.2) is 247 Å². The topological polar surface area (TPSA) is 28.9 Å². The van der Waals surface area contributed by atoms with Crippen molar-refractivity contribution < 1.29 is 9.15 Å². The summed E-state index contributed by atoms with van der Waals surface area (Å²) in [6.07, 6.45) is 0. The maximum Gasteiger partial charge on any atom is 0.159 e. The van der Waals surface area contributed by atoms with Gasteiger partial charge in [0.15, 0.2) is 5.58 Å². The molecule has 310 valence electrons. The van der Waals surface area contributed by atoms with Gasteiger partial charge in [-0.2, -0.15) is 0 Å². The van der Waals surface area contributed by atoms with Crippen molar-refractivity contribution in [1.82, 2.24) is 0 Å². The van der Waals surface area contributed by atoms with Crippen LogP contribution in [0.25, 0.3) is 76.9 Å². The van der Waals surface area contributed by atoms with Crippen molar-refractivity contribution in [1.29, 1.82) is 0 Å². The van der Waals surface area contributed by atoms with Crippen LogP contribution in [0.2, 0.25) is 0 Å². The molecule has 0 aliphatic carbocycles. The summed E-state index contributed by atoms with van der Waals surface area (Å²) in [5, 5.41) is 6.83. The lowest BCUT2D eigenvalue weighted by molar-refractivity contribution is 0.487. The van der Waals surface area contributed by atoms with Gasteiger partial charge in [-0.25, -0.2) is 0 Å². The summed E-state index contributed by atoms with van der Waals surface area (Å²) >= 11 is 0. The normalized spacial score (nSPS) is 11.8. The van der Waals surface area contributed by atoms with Gasteiger partial charge < -0.3 is 19.0 Å². The molecule has 0 amide bonds. The van der Waals surface area contributed by atoms with E-state index >= 15 is 0 Å². The van der Waals surface area contributed by atoms with Gasteiger partial charge in [0.25, 0.3) is 0 Å². The van der Waals surface area contributed by atoms with Gasteiger partial charge in [0.2, 0.25) is 0 Å². The molecule has 2 heterocycles. The molecule has 0 saturated carbocycles. The highest BCUT2D eigenvalue weighted by Gasteiger charge is 2.26. The predicted molar refractivity (Wildman–Crippen MR) is 274 cm³/mol. The lowest BCUT2D eigenvalue weighted by Gasteiger charge is -2.29. The van der Waals surface area contributed by atoms with E-state index in [4.69, 9.17) is 9.15 Å². The minimum atomic E-state index is 0.808. The van der Waals surface area contributed by atoms with Crippen LogP contribution >= 0.6 is 0 Å². The lowest BCUT2D eigenvalue weighted by Crippen LogP contribution is -2.12. The molecule has 13 rings (SSSR count). The number of furan rings is 1. The van der Waals surface area contributed by atoms with Crippen LogP contribution in [-0.2, 0) is 0 Å². The fourth-order valence-electron chi connectivity index (χ4n) is 9.98. The average molecular weight is 845 g/mol. The molecule has 4 heteroatoms. The van der Waals surface area contributed by atoms with Crippen LogP contribution < -0.4 is 14.5 Å². The molecule has 4 nitrogen and oxygen atoms in total. The molecule has 66 heavy (non-hydrogen) atoms. The molecular weight excluding hydrogens is 805 g/mol. The van der Waals surface area contributed by atoms with Crippen molar-refractivity contribution in [2.75, 3.05) is 9.80 Å². The van der Waals surface area contributed by atoms with E-state index in [0.29, 0.717) is 0 Å². The molecule has 0 bridgehead atoms. The molecule has 0 saturated heterocycles. The molecule has 0 spiro atoms. The van der Waals surface area contributed by atoms with Gasteiger partial charge in [-0.15, -0.1) is 0 Å². The van der Waals surface area contributed by atoms with E-state index < -0.39 is 0 Å². The Kier molecular flexibility index (Phi) is 8.81. The summed E-state index contributed by atoms with van der Waals surface area (Å²) in [6, 6.07) is 86.1. The Morgan fingerprint density at radius 3 is 1.73 bits per heavy atom. The van der Waals surface area contributed by atoms with Crippen LogP contribution in [0, 0.1) is 0 Å². The molecule has 1 aromatic heterocycles. The van der Waals surface area contributed by atoms with E-state index in [1.54, 1.807) is 0 Å². The largest absolute Gasteiger partial charge is 0.456 e. The molecule has 1 aliphatic heterocycles. The summed E-state index contributed by atoms with van der Waals surface area (Å²) < 4.78 is 13.7. The van der Waals surface area contributed by atoms with Gasteiger partial charge in [0.05, 0.1) is 17.1 Å². The number of anilines is 6. The smallest absolute Gasteiger partial charge is 0.159 e. The number of nitrogens with zero attached hydrogens (tertiary/aromatic N) is 2. The van der Waals surface area contributed by atoms with Crippen LogP contribution in [0.5, 0.6) is 11.5 Å². The summed E-state index contributed by atoms with van der Waals surface area (Å²) in [5.41, 5.74) is 14.8. The molecule has 0 N–H and O–H groups in total. The Labute approximate surface area is 382 Å². The van der Waals surface area contributed by atoms with Gasteiger partial charge in [-0.1, -0.05) is 152 Å². The van der Waals surface area contributed by atoms with E-state index in [9.17, 15) is 0 Å². The molecule has 0 atom stereocenters. The van der Waals surface area contributed by atoms with Crippen molar-refractivity contribution in [2.24, 2.45) is 0 Å². The monoisotopic (exact) mass is 844 g/mol. The standard InChI is InChI=1S/C62H40N2O2/c1-4-16-42(17-5-1)49-22-10-12-26-56(49)64(57-27-14-25-53-50-23-11-13-28-58(50)66-62(53)57)48-36-37-51-55-39-44-31-30-43(38-54(44)52-24-15-29-59(61(52)55)65-60(51)40-48)41-32-34-47(35-33-41)63(45-18-6-2-7-19-45)46-20-8-3-9-21-46/h1-40H. The Morgan fingerprint density at radius 1 is 0.303 bits per heavy atom. The maximum absolute atomic E-state index is 6.98. The van der Waals surface area contributed by atoms with Crippen LogP contribution in [0.1, 0.15) is 0 Å². The highest BCUT2D eigenvalue weighted by atomic mass is 16.5. The number of ether oxygens (including phenoxy) is 1. The number of rotatable bonds is 8. The third-order valence-corrected chi connectivity index (χ3v) is 13.0. The Hall–Kier alpha value is -8.86. The third-order valence-electron chi connectivity index (χ3n) is 13.0. The quantitative estimate of drug-likeness (QED) is 0.143. The molecule has 0 radical (unpaired) electrons. The third kappa shape index (κ3) is 6.22. The number of hydrogen-bond acceptors (Lipinski definition) is 4. The first-order valence-electron chi connectivity index (χ1n) is 22.4. The molecule has 0 unspecified atom stereocenters. The highest BCUT2D eigenvalue weighted by Crippen LogP contribution is 2.52. The van der Waals surface area contributed by atoms with Crippen LogP contribution in [-0.4, -0.2) is 0 Å². The minimum Gasteiger partial charge on any atom is -0.456 e. The number of para-hydroxylation sites is 5. The molecule has 1 aliphatic rings. The van der Waals surface area contributed by atoms with Gasteiger partial charge in [-0.3, -0.25) is 0 Å². The van der Waals surface area contributed by atoms with E-state index in [-0.39, 0.29) is 0 Å². The summed E-state index contributed by atoms with van der Waals surface area (Å²) in [4.78, 5) is 4.62. The molecular formula is C62H40N2O2. The van der Waals surface area contributed by atoms with Crippen molar-refractivity contribution >= 4 is 77.6 Å². The van der Waals surface area contributed by atoms with Gasteiger partial charge in [-0.05, 0) is 123 Å². The van der Waals surface area contributed by atoms with Crippen molar-refractivity contribution in [3.63, 3.8) is 0 Å². The van der Waals surface area contributed by atoms with Crippen molar-refractivity contribution in [3.05, 3.63) is 243 Å². The van der Waals surface area contributed by atoms with Gasteiger partial charge >= 0.3 is 0 Å². The molecule has 11 aromatic carbocycles. The van der Waals surface area contributed by atoms with E-state index in [1.807, 2.05) is 12.1 Å². The summed E-state index contributed by atoms with van der Waals surface area (Å²) in [7, 11) is 0. The number of benzene rings is 11. The SMILES string of the molecule is c1ccc(-c2ccccc2N(c2ccc3c(c2)Oc2cccc4c2c-3cc2ccc(-c3ccc(N(c5ccccc5)c5ccccc5)cc3)cc24)c2cccc3c2oc2ccccc23)cc1. The van der Waals surface area contributed by atoms with Crippen molar-refractivity contribution in [3.8, 4) is 44.9 Å². The highest BCUT2D eigenvalue weighted by molar-refractivity contribution is 6.18. The maximum atomic E-state index is 6.98. The fraction of sp³-hybridized carbons (Fsp3) is 0. The van der Waals surface area contributed by atoms with Crippen LogP contribution in [0.4, 0.5) is 34.1 Å². The lowest BCUT2D eigenvalue weighted by atomic mass is 9.89. The zero-order valence-corrected chi connectivity index (χ0v) is 35.8. The Morgan fingerprint density at radius 2 is 0.924 bits per heavy atom. The first kappa shape index (κ1) is 37.7. The second-order valence-electron chi connectivity index (χ2n) is 16.8. The van der Waals surface area contributed by atoms with E-state index in [2.05, 4.69) is 240 Å². The second-order valence-corrected chi connectivity index (χ2v) is 16.8. The summed E-state index contributed by atoms with van der Waals surface area (Å²) in [5.74, 6) is 1.66. The fourth-order valence-corrected chi connectivity index (χ4v) is 9.98. The average Bonchev–Trinajstić information content (AvgIpc) is 3.77. The molecule has 12 aromatic rings. The first-order chi connectivity index (χ1) is 32.7. The van der Waals surface area contributed by atoms with Gasteiger partial charge in [0, 0.05) is 50.4 Å². The van der Waals surface area contributed by atoms with E-state index in [1.165, 1.54) is 16.2 Å². The zero-order chi connectivity index (χ0) is 43.6. The number of hydrogen-bond donors (Lipinski definition) is 0. The van der Waals surface area contributed by atoms with Crippen LogP contribution in [0.3, 0.4) is 0 Å². The Bertz CT molecular complexity index is 3750. The van der Waals surface area contributed by atoms with E-state index in [0.717, 1.165) is 106 Å². The predicted octanol–water partition coefficient (Wildman–Crippen LogP) is 17.9. The Balaban J connectivity index is 0.918. The summed E-state index contributed by atoms with van der Waals surface area (Å²) in [6.45, 7) is 0. The second kappa shape index (κ2) is 15.4. The first-order valence-corrected chi connectivity index (χ1v) is 22.4. The van der Waals surface area contributed by atoms with Gasteiger partial charge in [0.1, 0.15) is 17.1 Å². The minimum absolute atomic E-state index is 0.808.